The predicted molar refractivity (Wildman–Crippen MR) is 114 cm³/mol. The lowest BCUT2D eigenvalue weighted by atomic mass is 9.87. The lowest BCUT2D eigenvalue weighted by Crippen LogP contribution is -2.35. The Morgan fingerprint density at radius 2 is 2.20 bits per heavy atom. The van der Waals surface area contributed by atoms with Gasteiger partial charge in [0.25, 0.3) is 0 Å². The highest BCUT2D eigenvalue weighted by molar-refractivity contribution is 9.10. The molecule has 1 fully saturated rings. The van der Waals surface area contributed by atoms with E-state index in [9.17, 15) is 4.79 Å². The molecule has 0 bridgehead atoms. The number of pyridine rings is 1. The molecule has 0 radical (unpaired) electrons. The third kappa shape index (κ3) is 3.09. The van der Waals surface area contributed by atoms with Crippen molar-refractivity contribution >= 4 is 44.5 Å². The SMILES string of the molecule is CNC(=O)[C@]1(C)CC[C@@H](Nc2ncc3c(Br)nn(-c4ccc5ncnn5c4)c3n2)C1. The van der Waals surface area contributed by atoms with Crippen LogP contribution in [0.2, 0.25) is 0 Å². The zero-order valence-corrected chi connectivity index (χ0v) is 18.1. The summed E-state index contributed by atoms with van der Waals surface area (Å²) in [4.78, 5) is 25.5. The minimum atomic E-state index is -0.367. The molecular formula is C19H20BrN9O. The van der Waals surface area contributed by atoms with Gasteiger partial charge in [0.2, 0.25) is 11.9 Å². The first-order chi connectivity index (χ1) is 14.5. The summed E-state index contributed by atoms with van der Waals surface area (Å²) in [5, 5.41) is 15.7. The molecule has 154 valence electrons. The fourth-order valence-electron chi connectivity index (χ4n) is 4.10. The Labute approximate surface area is 180 Å². The third-order valence-electron chi connectivity index (χ3n) is 5.73. The second-order valence-electron chi connectivity index (χ2n) is 7.81. The van der Waals surface area contributed by atoms with Crippen molar-refractivity contribution in [1.29, 1.82) is 0 Å². The maximum Gasteiger partial charge on any atom is 0.225 e. The minimum Gasteiger partial charge on any atom is -0.359 e. The number of nitrogens with zero attached hydrogens (tertiary/aromatic N) is 7. The van der Waals surface area contributed by atoms with Gasteiger partial charge < -0.3 is 10.6 Å². The average molecular weight is 470 g/mol. The molecule has 0 aromatic carbocycles. The number of carbonyl (C=O) groups excluding carboxylic acids is 1. The number of carbonyl (C=O) groups is 1. The molecule has 0 spiro atoms. The molecule has 1 saturated carbocycles. The molecule has 1 amide bonds. The normalized spacial score (nSPS) is 21.4. The number of aromatic nitrogens is 7. The maximum absolute atomic E-state index is 12.2. The topological polar surface area (TPSA) is 115 Å². The van der Waals surface area contributed by atoms with Gasteiger partial charge in [-0.2, -0.15) is 15.2 Å². The molecule has 10 nitrogen and oxygen atoms in total. The fraction of sp³-hybridized carbons (Fsp3) is 0.368. The number of rotatable bonds is 4. The van der Waals surface area contributed by atoms with Gasteiger partial charge in [-0.15, -0.1) is 0 Å². The lowest BCUT2D eigenvalue weighted by molar-refractivity contribution is -0.129. The van der Waals surface area contributed by atoms with E-state index in [1.54, 1.807) is 22.4 Å². The highest BCUT2D eigenvalue weighted by atomic mass is 79.9. The van der Waals surface area contributed by atoms with Crippen molar-refractivity contribution in [3.8, 4) is 5.69 Å². The standard InChI is InChI=1S/C19H20BrN9O/c1-19(17(30)21-2)6-5-11(7-19)25-18-22-8-13-15(20)27-29(16(13)26-18)12-3-4-14-23-10-24-28(14)9-12/h3-4,8-11H,5-7H2,1-2H3,(H,21,30)(H,22,25,26)/t11-,19-/m1/s1. The Bertz CT molecular complexity index is 1270. The first-order valence-corrected chi connectivity index (χ1v) is 10.5. The number of hydrogen-bond acceptors (Lipinski definition) is 7. The van der Waals surface area contributed by atoms with Crippen molar-refractivity contribution in [2.24, 2.45) is 5.41 Å². The van der Waals surface area contributed by atoms with Gasteiger partial charge in [0, 0.05) is 24.7 Å². The van der Waals surface area contributed by atoms with Gasteiger partial charge in [0.15, 0.2) is 11.3 Å². The molecular weight excluding hydrogens is 450 g/mol. The Morgan fingerprint density at radius 3 is 3.03 bits per heavy atom. The van der Waals surface area contributed by atoms with E-state index >= 15 is 0 Å². The van der Waals surface area contributed by atoms with Crippen molar-refractivity contribution < 1.29 is 4.79 Å². The van der Waals surface area contributed by atoms with Crippen molar-refractivity contribution in [2.45, 2.75) is 32.2 Å². The van der Waals surface area contributed by atoms with Crippen LogP contribution in [0.15, 0.2) is 35.5 Å². The van der Waals surface area contributed by atoms with Gasteiger partial charge in [0.1, 0.15) is 10.9 Å². The van der Waals surface area contributed by atoms with E-state index in [0.29, 0.717) is 16.2 Å². The van der Waals surface area contributed by atoms with Crippen LogP contribution in [0.4, 0.5) is 5.95 Å². The molecule has 0 saturated heterocycles. The van der Waals surface area contributed by atoms with Crippen molar-refractivity contribution in [1.82, 2.24) is 39.7 Å². The van der Waals surface area contributed by atoms with Crippen LogP contribution < -0.4 is 10.6 Å². The molecule has 0 aliphatic heterocycles. The van der Waals surface area contributed by atoms with E-state index in [1.807, 2.05) is 25.3 Å². The summed E-state index contributed by atoms with van der Waals surface area (Å²) in [6.45, 7) is 2.00. The van der Waals surface area contributed by atoms with Crippen LogP contribution in [-0.2, 0) is 4.79 Å². The summed E-state index contributed by atoms with van der Waals surface area (Å²) in [5.74, 6) is 0.595. The summed E-state index contributed by atoms with van der Waals surface area (Å²) >= 11 is 3.50. The fourth-order valence-corrected chi connectivity index (χ4v) is 4.54. The molecule has 11 heteroatoms. The van der Waals surface area contributed by atoms with Crippen LogP contribution in [0, 0.1) is 5.41 Å². The molecule has 2 atom stereocenters. The maximum atomic E-state index is 12.2. The molecule has 30 heavy (non-hydrogen) atoms. The Hall–Kier alpha value is -3.08. The number of nitrogens with one attached hydrogen (secondary N) is 2. The summed E-state index contributed by atoms with van der Waals surface area (Å²) in [6.07, 6.45) is 7.56. The highest BCUT2D eigenvalue weighted by Crippen LogP contribution is 2.39. The summed E-state index contributed by atoms with van der Waals surface area (Å²) in [7, 11) is 1.68. The average Bonchev–Trinajstić information content (AvgIpc) is 3.45. The second kappa shape index (κ2) is 7.01. The summed E-state index contributed by atoms with van der Waals surface area (Å²) in [5.41, 5.74) is 1.87. The third-order valence-corrected chi connectivity index (χ3v) is 6.32. The van der Waals surface area contributed by atoms with Gasteiger partial charge in [-0.25, -0.2) is 19.2 Å². The molecule has 1 aliphatic rings. The zero-order chi connectivity index (χ0) is 20.9. The second-order valence-corrected chi connectivity index (χ2v) is 8.56. The molecule has 1 aliphatic carbocycles. The van der Waals surface area contributed by atoms with E-state index < -0.39 is 0 Å². The smallest absolute Gasteiger partial charge is 0.225 e. The first-order valence-electron chi connectivity index (χ1n) is 9.67. The van der Waals surface area contributed by atoms with E-state index in [-0.39, 0.29) is 17.4 Å². The Balaban J connectivity index is 1.47. The van der Waals surface area contributed by atoms with Crippen molar-refractivity contribution in [3.05, 3.63) is 35.5 Å². The van der Waals surface area contributed by atoms with Crippen LogP contribution in [0.1, 0.15) is 26.2 Å². The number of amides is 1. The zero-order valence-electron chi connectivity index (χ0n) is 16.5. The summed E-state index contributed by atoms with van der Waals surface area (Å²) < 4.78 is 4.10. The van der Waals surface area contributed by atoms with E-state index in [0.717, 1.165) is 36.0 Å². The van der Waals surface area contributed by atoms with Crippen molar-refractivity contribution in [3.63, 3.8) is 0 Å². The Kier molecular flexibility index (Phi) is 4.42. The van der Waals surface area contributed by atoms with Crippen molar-refractivity contribution in [2.75, 3.05) is 12.4 Å². The molecule has 4 aromatic rings. The number of fused-ring (bicyclic) bond motifs is 2. The van der Waals surface area contributed by atoms with Crippen LogP contribution in [-0.4, -0.2) is 53.3 Å². The molecule has 5 rings (SSSR count). The van der Waals surface area contributed by atoms with E-state index in [4.69, 9.17) is 4.98 Å². The van der Waals surface area contributed by atoms with Gasteiger partial charge in [-0.05, 0) is 47.3 Å². The number of hydrogen-bond donors (Lipinski definition) is 2. The van der Waals surface area contributed by atoms with Crippen LogP contribution >= 0.6 is 15.9 Å². The van der Waals surface area contributed by atoms with Gasteiger partial charge in [0.05, 0.1) is 17.3 Å². The van der Waals surface area contributed by atoms with Gasteiger partial charge >= 0.3 is 0 Å². The monoisotopic (exact) mass is 469 g/mol. The molecule has 2 N–H and O–H groups in total. The lowest BCUT2D eigenvalue weighted by Gasteiger charge is -2.22. The van der Waals surface area contributed by atoms with E-state index in [2.05, 4.69) is 46.7 Å². The molecule has 4 aromatic heterocycles. The Morgan fingerprint density at radius 1 is 1.33 bits per heavy atom. The molecule has 0 unspecified atom stereocenters. The van der Waals surface area contributed by atoms with E-state index in [1.165, 1.54) is 6.33 Å². The van der Waals surface area contributed by atoms with Gasteiger partial charge in [-0.3, -0.25) is 4.79 Å². The highest BCUT2D eigenvalue weighted by Gasteiger charge is 2.40. The largest absolute Gasteiger partial charge is 0.359 e. The minimum absolute atomic E-state index is 0.0775. The van der Waals surface area contributed by atoms with Crippen LogP contribution in [0.25, 0.3) is 22.4 Å². The first kappa shape index (κ1) is 18.9. The molecule has 4 heterocycles. The predicted octanol–water partition coefficient (Wildman–Crippen LogP) is 2.34. The quantitative estimate of drug-likeness (QED) is 0.471. The number of halogens is 1. The van der Waals surface area contributed by atoms with Gasteiger partial charge in [-0.1, -0.05) is 6.92 Å². The van der Waals surface area contributed by atoms with Crippen LogP contribution in [0.3, 0.4) is 0 Å². The van der Waals surface area contributed by atoms with Crippen LogP contribution in [0.5, 0.6) is 0 Å². The number of anilines is 1. The summed E-state index contributed by atoms with van der Waals surface area (Å²) in [6, 6.07) is 3.93.